The highest BCUT2D eigenvalue weighted by Gasteiger charge is 2.34. The first kappa shape index (κ1) is 58.8. The molecule has 0 radical (unpaired) electrons. The molecule has 0 aliphatic carbocycles. The van der Waals surface area contributed by atoms with Gasteiger partial charge >= 0.3 is 5.97 Å². The number of aliphatic carboxylic acids is 1. The monoisotopic (exact) mass is 940 g/mol. The molecule has 66 heavy (non-hydrogen) atoms. The van der Waals surface area contributed by atoms with Gasteiger partial charge in [0.25, 0.3) is 0 Å². The van der Waals surface area contributed by atoms with Crippen molar-refractivity contribution in [1.82, 2.24) is 42.5 Å². The number of amides is 7. The van der Waals surface area contributed by atoms with E-state index in [2.05, 4.69) is 47.5 Å². The molecule has 0 aromatic heterocycles. The molecule has 0 aromatic rings. The third-order valence-electron chi connectivity index (χ3n) is 10.9. The summed E-state index contributed by atoms with van der Waals surface area (Å²) in [6.45, 7) is 4.76. The Kier molecular flexibility index (Phi) is 30.5. The topological polar surface area (TPSA) is 422 Å². The smallest absolute Gasteiger partial charge is 0.322 e. The van der Waals surface area contributed by atoms with E-state index in [4.69, 9.17) is 39.5 Å². The summed E-state index contributed by atoms with van der Waals surface area (Å²) in [6.07, 6.45) is 6.30. The van der Waals surface area contributed by atoms with Gasteiger partial charge in [-0.25, -0.2) is 0 Å². The molecule has 1 aliphatic rings. The van der Waals surface area contributed by atoms with Gasteiger partial charge in [0.2, 0.25) is 41.4 Å². The second-order valence-corrected chi connectivity index (χ2v) is 16.9. The summed E-state index contributed by atoms with van der Waals surface area (Å²) in [5, 5.41) is 30.9. The van der Waals surface area contributed by atoms with Crippen molar-refractivity contribution >= 4 is 53.3 Å². The lowest BCUT2D eigenvalue weighted by Crippen LogP contribution is -2.60. The average Bonchev–Trinajstić information content (AvgIpc) is 3.82. The fourth-order valence-electron chi connectivity index (χ4n) is 7.15. The number of carbonyl (C=O) groups is 8. The normalized spacial score (nSPS) is 16.1. The molecule has 7 atom stereocenters. The number of carbonyl (C=O) groups excluding carboxylic acids is 7. The van der Waals surface area contributed by atoms with Crippen LogP contribution in [0.3, 0.4) is 0 Å². The molecule has 0 spiro atoms. The predicted molar refractivity (Wildman–Crippen MR) is 250 cm³/mol. The Bertz CT molecular complexity index is 1540. The number of hydrogen-bond acceptors (Lipinski definition) is 14. The van der Waals surface area contributed by atoms with E-state index in [9.17, 15) is 38.4 Å². The zero-order chi connectivity index (χ0) is 49.4. The Hall–Kier alpha value is -5.17. The molecule has 1 saturated heterocycles. The van der Waals surface area contributed by atoms with Crippen molar-refractivity contribution in [1.29, 1.82) is 0 Å². The molecule has 1 rings (SSSR count). The summed E-state index contributed by atoms with van der Waals surface area (Å²) in [5.41, 5.74) is 34.0. The summed E-state index contributed by atoms with van der Waals surface area (Å²) < 4.78 is 0. The van der Waals surface area contributed by atoms with Gasteiger partial charge in [-0.15, -0.1) is 0 Å². The molecule has 0 saturated carbocycles. The minimum absolute atomic E-state index is 0.00736. The van der Waals surface area contributed by atoms with E-state index < -0.39 is 96.2 Å². The molecule has 24 heteroatoms. The second-order valence-electron chi connectivity index (χ2n) is 16.9. The molecule has 0 bridgehead atoms. The van der Waals surface area contributed by atoms with Crippen LogP contribution in [-0.2, 0) is 38.4 Å². The highest BCUT2D eigenvalue weighted by atomic mass is 16.4. The number of rotatable bonds is 36. The largest absolute Gasteiger partial charge is 0.480 e. The van der Waals surface area contributed by atoms with Gasteiger partial charge in [-0.2, -0.15) is 0 Å². The quantitative estimate of drug-likeness (QED) is 0.0162. The van der Waals surface area contributed by atoms with Gasteiger partial charge < -0.3 is 82.0 Å². The molecule has 0 aromatic carbocycles. The van der Waals surface area contributed by atoms with Crippen LogP contribution in [0.25, 0.3) is 0 Å². The first-order chi connectivity index (χ1) is 31.5. The number of hydrogen-bond donors (Lipinski definition) is 15. The lowest BCUT2D eigenvalue weighted by Gasteiger charge is -2.28. The van der Waals surface area contributed by atoms with E-state index in [1.807, 2.05) is 0 Å². The molecule has 21 N–H and O–H groups in total. The Labute approximate surface area is 388 Å². The van der Waals surface area contributed by atoms with Gasteiger partial charge in [-0.1, -0.05) is 13.8 Å². The average molecular weight is 940 g/mol. The maximum Gasteiger partial charge on any atom is 0.322 e. The van der Waals surface area contributed by atoms with Crippen LogP contribution >= 0.6 is 0 Å². The summed E-state index contributed by atoms with van der Waals surface area (Å²) in [4.78, 5) is 111. The van der Waals surface area contributed by atoms with Crippen molar-refractivity contribution in [3.8, 4) is 0 Å². The maximum absolute atomic E-state index is 14.2. The summed E-state index contributed by atoms with van der Waals surface area (Å²) in [6, 6.07) is -7.35. The summed E-state index contributed by atoms with van der Waals surface area (Å²) >= 11 is 0. The molecule has 378 valence electrons. The molecule has 7 amide bonds. The van der Waals surface area contributed by atoms with Crippen molar-refractivity contribution in [2.24, 2.45) is 45.3 Å². The Morgan fingerprint density at radius 3 is 1.27 bits per heavy atom. The van der Waals surface area contributed by atoms with Gasteiger partial charge in [0.15, 0.2) is 5.96 Å². The number of nitrogens with zero attached hydrogens (tertiary/aromatic N) is 1. The van der Waals surface area contributed by atoms with Crippen LogP contribution in [0.2, 0.25) is 0 Å². The highest BCUT2D eigenvalue weighted by molar-refractivity contribution is 5.97. The number of nitrogens with one attached hydrogen (secondary N) is 8. The number of guanidine groups is 1. The lowest BCUT2D eigenvalue weighted by atomic mass is 10.0. The SMILES string of the molecule is CC(C)[C@H](NC(=O)[C@H](CCCCN)NC(=O)[C@H](CCCN=C(N)N)NC(=O)[C@H](CCCCN)NC(=O)[C@H](CCCCN)NC(=O)[C@H](CCCCN)NC(=O)[C@@H]1CCCN1)C(=O)NCC(=O)O. The van der Waals surface area contributed by atoms with Gasteiger partial charge in [0.05, 0.1) is 6.04 Å². The highest BCUT2D eigenvalue weighted by Crippen LogP contribution is 2.12. The fourth-order valence-corrected chi connectivity index (χ4v) is 7.15. The minimum atomic E-state index is -1.28. The molecule has 1 heterocycles. The Morgan fingerprint density at radius 2 is 0.939 bits per heavy atom. The number of aliphatic imine (C=N–C) groups is 1. The Morgan fingerprint density at radius 1 is 0.561 bits per heavy atom. The first-order valence-corrected chi connectivity index (χ1v) is 23.4. The molecular formula is C42H81N15O9. The van der Waals surface area contributed by atoms with E-state index in [0.717, 1.165) is 6.42 Å². The first-order valence-electron chi connectivity index (χ1n) is 23.4. The van der Waals surface area contributed by atoms with Crippen molar-refractivity contribution < 1.29 is 43.5 Å². The Balaban J connectivity index is 3.46. The number of carboxylic acid groups (broad SMARTS) is 1. The minimum Gasteiger partial charge on any atom is -0.480 e. The van der Waals surface area contributed by atoms with Gasteiger partial charge in [0.1, 0.15) is 42.8 Å². The van der Waals surface area contributed by atoms with Crippen LogP contribution in [0, 0.1) is 5.92 Å². The summed E-state index contributed by atoms with van der Waals surface area (Å²) in [7, 11) is 0. The van der Waals surface area contributed by atoms with E-state index in [0.29, 0.717) is 90.5 Å². The van der Waals surface area contributed by atoms with Crippen LogP contribution in [0.1, 0.15) is 117 Å². The molecule has 1 fully saturated rings. The lowest BCUT2D eigenvalue weighted by molar-refractivity contribution is -0.139. The number of unbranched alkanes of at least 4 members (excludes halogenated alkanes) is 4. The van der Waals surface area contributed by atoms with E-state index in [-0.39, 0.29) is 56.9 Å². The zero-order valence-corrected chi connectivity index (χ0v) is 39.0. The summed E-state index contributed by atoms with van der Waals surface area (Å²) in [5.74, 6) is -6.42. The fraction of sp³-hybridized carbons (Fsp3) is 0.786. The van der Waals surface area contributed by atoms with Gasteiger partial charge in [0, 0.05) is 6.54 Å². The van der Waals surface area contributed by atoms with Crippen molar-refractivity contribution in [2.75, 3.05) is 45.8 Å². The van der Waals surface area contributed by atoms with Crippen LogP contribution in [0.15, 0.2) is 4.99 Å². The molecule has 0 unspecified atom stereocenters. The van der Waals surface area contributed by atoms with E-state index in [1.54, 1.807) is 13.8 Å². The van der Waals surface area contributed by atoms with Gasteiger partial charge in [-0.05, 0) is 141 Å². The standard InChI is InChI=1S/C42H81N15O9/c1-26(2)34(41(66)51-25-33(58)59)57-40(65)31(16-6-10-22-46)55-39(64)32(18-12-24-50-42(47)48)56-38(63)30(15-5-9-21-45)54-37(62)29(14-4-8-20-44)53-36(61)28(13-3-7-19-43)52-35(60)27-17-11-23-49-27/h26-32,34,49H,3-25,43-46H2,1-2H3,(H,51,66)(H,52,60)(H,53,61)(H,54,62)(H,55,64)(H,56,63)(H,57,65)(H,58,59)(H4,47,48,50)/t27-,28-,29-,30-,31-,32-,34-/m0/s1. The predicted octanol–water partition coefficient (Wildman–Crippen LogP) is -3.93. The van der Waals surface area contributed by atoms with E-state index in [1.165, 1.54) is 0 Å². The van der Waals surface area contributed by atoms with Crippen molar-refractivity contribution in [2.45, 2.75) is 159 Å². The van der Waals surface area contributed by atoms with Crippen LogP contribution in [0.4, 0.5) is 0 Å². The van der Waals surface area contributed by atoms with E-state index >= 15 is 0 Å². The van der Waals surface area contributed by atoms with Gasteiger partial charge in [-0.3, -0.25) is 43.3 Å². The molecular weight excluding hydrogens is 859 g/mol. The zero-order valence-electron chi connectivity index (χ0n) is 39.0. The van der Waals surface area contributed by atoms with Crippen LogP contribution in [0.5, 0.6) is 0 Å². The third kappa shape index (κ3) is 24.4. The number of carboxylic acids is 1. The molecule has 24 nitrogen and oxygen atoms in total. The molecule has 1 aliphatic heterocycles. The second kappa shape index (κ2) is 34.2. The number of nitrogens with two attached hydrogens (primary N) is 6. The van der Waals surface area contributed by atoms with Crippen molar-refractivity contribution in [3.63, 3.8) is 0 Å². The van der Waals surface area contributed by atoms with Crippen molar-refractivity contribution in [3.05, 3.63) is 0 Å². The maximum atomic E-state index is 14.2. The van der Waals surface area contributed by atoms with Crippen LogP contribution in [-0.4, -0.2) is 146 Å². The van der Waals surface area contributed by atoms with Crippen LogP contribution < -0.4 is 76.9 Å². The third-order valence-corrected chi connectivity index (χ3v) is 10.9.